The maximum absolute atomic E-state index is 5.56. The summed E-state index contributed by atoms with van der Waals surface area (Å²) in [6, 6.07) is 7.93. The van der Waals surface area contributed by atoms with Gasteiger partial charge in [0.2, 0.25) is 0 Å². The Morgan fingerprint density at radius 1 is 1.25 bits per heavy atom. The highest BCUT2D eigenvalue weighted by molar-refractivity contribution is 5.76. The largest absolute Gasteiger partial charge is 0.381 e. The molecule has 0 saturated carbocycles. The first-order valence-corrected chi connectivity index (χ1v) is 5.08. The van der Waals surface area contributed by atoms with Crippen LogP contribution < -0.4 is 10.6 Å². The molecule has 0 aliphatic carbocycles. The molecule has 16 heavy (non-hydrogen) atoms. The molecule has 0 unspecified atom stereocenters. The van der Waals surface area contributed by atoms with Crippen molar-refractivity contribution in [3.63, 3.8) is 0 Å². The molecule has 0 atom stereocenters. The first-order valence-electron chi connectivity index (χ1n) is 5.08. The molecule has 2 N–H and O–H groups in total. The molecule has 0 spiro atoms. The summed E-state index contributed by atoms with van der Waals surface area (Å²) >= 11 is 0. The van der Waals surface area contributed by atoms with Gasteiger partial charge in [0.1, 0.15) is 0 Å². The van der Waals surface area contributed by atoms with Gasteiger partial charge in [-0.3, -0.25) is 0 Å². The fraction of sp³-hybridized carbons (Fsp3) is 0.250. The molecule has 0 bridgehead atoms. The second-order valence-electron chi connectivity index (χ2n) is 4.03. The van der Waals surface area contributed by atoms with Gasteiger partial charge in [-0.1, -0.05) is 16.8 Å². The molecule has 2 rings (SSSR count). The molecule has 0 fully saturated rings. The van der Waals surface area contributed by atoms with E-state index < -0.39 is 0 Å². The van der Waals surface area contributed by atoms with Crippen LogP contribution in [0.1, 0.15) is 5.56 Å². The number of hydrogen-bond donors (Lipinski definition) is 1. The summed E-state index contributed by atoms with van der Waals surface area (Å²) in [7, 11) is 3.99. The van der Waals surface area contributed by atoms with Gasteiger partial charge in [-0.15, -0.1) is 0 Å². The second kappa shape index (κ2) is 3.89. The van der Waals surface area contributed by atoms with Gasteiger partial charge < -0.3 is 15.2 Å². The van der Waals surface area contributed by atoms with E-state index in [0.29, 0.717) is 11.6 Å². The van der Waals surface area contributed by atoms with E-state index in [1.54, 1.807) is 6.07 Å². The maximum atomic E-state index is 5.56. The highest BCUT2D eigenvalue weighted by Gasteiger charge is 2.11. The van der Waals surface area contributed by atoms with Crippen LogP contribution in [0.25, 0.3) is 11.3 Å². The summed E-state index contributed by atoms with van der Waals surface area (Å²) in [6.45, 7) is 2.04. The van der Waals surface area contributed by atoms with Crippen molar-refractivity contribution in [1.82, 2.24) is 5.16 Å². The zero-order valence-electron chi connectivity index (χ0n) is 9.69. The second-order valence-corrected chi connectivity index (χ2v) is 4.03. The lowest BCUT2D eigenvalue weighted by Gasteiger charge is -2.16. The Bertz CT molecular complexity index is 503. The smallest absolute Gasteiger partial charge is 0.171 e. The molecule has 2 aromatic rings. The van der Waals surface area contributed by atoms with Gasteiger partial charge in [-0.25, -0.2) is 0 Å². The molecule has 84 valence electrons. The van der Waals surface area contributed by atoms with Gasteiger partial charge in [-0.05, 0) is 19.1 Å². The van der Waals surface area contributed by atoms with Crippen LogP contribution in [0.15, 0.2) is 28.8 Å². The minimum absolute atomic E-state index is 0.404. The van der Waals surface area contributed by atoms with E-state index in [2.05, 4.69) is 23.4 Å². The fourth-order valence-electron chi connectivity index (χ4n) is 1.65. The Morgan fingerprint density at radius 2 is 2.00 bits per heavy atom. The van der Waals surface area contributed by atoms with Crippen LogP contribution in [-0.4, -0.2) is 19.3 Å². The molecule has 0 amide bonds. The third-order valence-corrected chi connectivity index (χ3v) is 2.43. The van der Waals surface area contributed by atoms with Crippen molar-refractivity contribution in [3.8, 4) is 11.3 Å². The summed E-state index contributed by atoms with van der Waals surface area (Å²) in [5.41, 5.74) is 8.83. The Hall–Kier alpha value is -1.97. The SMILES string of the molecule is Cc1ccc(N(C)C)c(-c2cc(N)no2)c1. The molecular formula is C12H15N3O. The molecular weight excluding hydrogens is 202 g/mol. The molecule has 4 heteroatoms. The summed E-state index contributed by atoms with van der Waals surface area (Å²) in [6.07, 6.45) is 0. The zero-order valence-corrected chi connectivity index (χ0v) is 9.69. The first kappa shape index (κ1) is 10.5. The Labute approximate surface area is 94.6 Å². The van der Waals surface area contributed by atoms with E-state index in [0.717, 1.165) is 11.3 Å². The van der Waals surface area contributed by atoms with E-state index in [-0.39, 0.29) is 0 Å². The van der Waals surface area contributed by atoms with Gasteiger partial charge in [0.05, 0.1) is 0 Å². The van der Waals surface area contributed by atoms with E-state index in [9.17, 15) is 0 Å². The molecule has 0 aliphatic rings. The average molecular weight is 217 g/mol. The molecule has 1 aromatic heterocycles. The van der Waals surface area contributed by atoms with E-state index in [1.165, 1.54) is 5.56 Å². The monoisotopic (exact) mass is 217 g/mol. The molecule has 1 heterocycles. The van der Waals surface area contributed by atoms with Crippen LogP contribution in [0.3, 0.4) is 0 Å². The number of hydrogen-bond acceptors (Lipinski definition) is 4. The lowest BCUT2D eigenvalue weighted by atomic mass is 10.1. The number of benzene rings is 1. The van der Waals surface area contributed by atoms with E-state index in [1.807, 2.05) is 25.9 Å². The van der Waals surface area contributed by atoms with Crippen molar-refractivity contribution in [2.24, 2.45) is 0 Å². The van der Waals surface area contributed by atoms with Crippen LogP contribution in [0.4, 0.5) is 11.5 Å². The number of nitrogens with zero attached hydrogens (tertiary/aromatic N) is 2. The standard InChI is InChI=1S/C12H15N3O/c1-8-4-5-10(15(2)3)9(6-8)11-7-12(13)14-16-11/h4-7H,1-3H3,(H2,13,14). The van der Waals surface area contributed by atoms with Gasteiger partial charge in [0.25, 0.3) is 0 Å². The van der Waals surface area contributed by atoms with Crippen LogP contribution in [0, 0.1) is 6.92 Å². The maximum Gasteiger partial charge on any atom is 0.171 e. The normalized spacial score (nSPS) is 10.4. The van der Waals surface area contributed by atoms with E-state index >= 15 is 0 Å². The number of nitrogens with two attached hydrogens (primary N) is 1. The third kappa shape index (κ3) is 1.86. The van der Waals surface area contributed by atoms with Crippen molar-refractivity contribution in [2.75, 3.05) is 24.7 Å². The van der Waals surface area contributed by atoms with Crippen LogP contribution in [0.5, 0.6) is 0 Å². The highest BCUT2D eigenvalue weighted by Crippen LogP contribution is 2.31. The van der Waals surface area contributed by atoms with Crippen molar-refractivity contribution < 1.29 is 4.52 Å². The summed E-state index contributed by atoms with van der Waals surface area (Å²) in [5.74, 6) is 1.10. The Balaban J connectivity index is 2.57. The summed E-state index contributed by atoms with van der Waals surface area (Å²) in [5, 5.41) is 3.71. The first-order chi connectivity index (χ1) is 7.58. The van der Waals surface area contributed by atoms with E-state index in [4.69, 9.17) is 10.3 Å². The van der Waals surface area contributed by atoms with Crippen LogP contribution in [0.2, 0.25) is 0 Å². The van der Waals surface area contributed by atoms with Gasteiger partial charge in [0.15, 0.2) is 11.6 Å². The Morgan fingerprint density at radius 3 is 2.56 bits per heavy atom. The predicted octanol–water partition coefficient (Wildman–Crippen LogP) is 2.30. The van der Waals surface area contributed by atoms with Crippen molar-refractivity contribution >= 4 is 11.5 Å². The highest BCUT2D eigenvalue weighted by atomic mass is 16.5. The average Bonchev–Trinajstić information content (AvgIpc) is 2.64. The predicted molar refractivity (Wildman–Crippen MR) is 65.4 cm³/mol. The molecule has 1 aromatic carbocycles. The number of anilines is 2. The van der Waals surface area contributed by atoms with Crippen LogP contribution >= 0.6 is 0 Å². The quantitative estimate of drug-likeness (QED) is 0.838. The van der Waals surface area contributed by atoms with Crippen molar-refractivity contribution in [2.45, 2.75) is 6.92 Å². The fourth-order valence-corrected chi connectivity index (χ4v) is 1.65. The number of aryl methyl sites for hydroxylation is 1. The third-order valence-electron chi connectivity index (χ3n) is 2.43. The zero-order chi connectivity index (χ0) is 11.7. The minimum atomic E-state index is 0.404. The Kier molecular flexibility index (Phi) is 2.56. The summed E-state index contributed by atoms with van der Waals surface area (Å²) < 4.78 is 5.19. The van der Waals surface area contributed by atoms with Gasteiger partial charge in [-0.2, -0.15) is 0 Å². The molecule has 0 aliphatic heterocycles. The molecule has 0 saturated heterocycles. The summed E-state index contributed by atoms with van der Waals surface area (Å²) in [4.78, 5) is 2.04. The lowest BCUT2D eigenvalue weighted by molar-refractivity contribution is 0.436. The van der Waals surface area contributed by atoms with Crippen LogP contribution in [-0.2, 0) is 0 Å². The minimum Gasteiger partial charge on any atom is -0.381 e. The van der Waals surface area contributed by atoms with Crippen molar-refractivity contribution in [3.05, 3.63) is 29.8 Å². The number of nitrogen functional groups attached to an aromatic ring is 1. The topological polar surface area (TPSA) is 55.3 Å². The number of aromatic nitrogens is 1. The van der Waals surface area contributed by atoms with Gasteiger partial charge in [0, 0.05) is 31.4 Å². The number of rotatable bonds is 2. The molecule has 4 nitrogen and oxygen atoms in total. The van der Waals surface area contributed by atoms with Crippen molar-refractivity contribution in [1.29, 1.82) is 0 Å². The lowest BCUT2D eigenvalue weighted by Crippen LogP contribution is -2.09. The van der Waals surface area contributed by atoms with Gasteiger partial charge >= 0.3 is 0 Å². The molecule has 0 radical (unpaired) electrons.